The molecular formula is C23H26N6O2. The maximum Gasteiger partial charge on any atom is 0.255 e. The lowest BCUT2D eigenvalue weighted by Gasteiger charge is -2.36. The van der Waals surface area contributed by atoms with Gasteiger partial charge in [0.1, 0.15) is 5.82 Å². The van der Waals surface area contributed by atoms with Crippen molar-refractivity contribution < 1.29 is 9.90 Å². The third kappa shape index (κ3) is 5.16. The number of piperazine rings is 1. The summed E-state index contributed by atoms with van der Waals surface area (Å²) in [4.78, 5) is 30.4. The molecule has 31 heavy (non-hydrogen) atoms. The van der Waals surface area contributed by atoms with Crippen molar-refractivity contribution >= 4 is 17.7 Å². The summed E-state index contributed by atoms with van der Waals surface area (Å²) < 4.78 is 0. The molecule has 1 amide bonds. The standard InChI is InChI=1S/C23H26N6O2/c30-17-19(16-18-6-2-1-3-7-18)27-22(31)20-8-4-9-24-21(20)28-12-14-29(15-13-28)23-25-10-5-11-26-23/h1-11,19,30H,12-17H2,(H,27,31). The number of carbonyl (C=O) groups excluding carboxylic acids is 1. The van der Waals surface area contributed by atoms with Gasteiger partial charge >= 0.3 is 0 Å². The number of aliphatic hydroxyl groups excluding tert-OH is 1. The maximum atomic E-state index is 13.0. The molecule has 160 valence electrons. The SMILES string of the molecule is O=C(NC(CO)Cc1ccccc1)c1cccnc1N1CCN(c2ncccn2)CC1. The van der Waals surface area contributed by atoms with Crippen LogP contribution in [0.2, 0.25) is 0 Å². The van der Waals surface area contributed by atoms with E-state index in [2.05, 4.69) is 30.1 Å². The molecular weight excluding hydrogens is 392 g/mol. The largest absolute Gasteiger partial charge is 0.394 e. The van der Waals surface area contributed by atoms with Crippen LogP contribution >= 0.6 is 0 Å². The second kappa shape index (κ2) is 9.99. The van der Waals surface area contributed by atoms with Crippen LogP contribution in [0.15, 0.2) is 67.1 Å². The normalized spacial score (nSPS) is 14.9. The molecule has 8 heteroatoms. The summed E-state index contributed by atoms with van der Waals surface area (Å²) in [5, 5.41) is 12.7. The number of carbonyl (C=O) groups is 1. The lowest BCUT2D eigenvalue weighted by molar-refractivity contribution is 0.0916. The van der Waals surface area contributed by atoms with E-state index in [0.29, 0.717) is 36.8 Å². The van der Waals surface area contributed by atoms with E-state index in [4.69, 9.17) is 0 Å². The highest BCUT2D eigenvalue weighted by Crippen LogP contribution is 2.20. The van der Waals surface area contributed by atoms with Gasteiger partial charge in [-0.1, -0.05) is 30.3 Å². The first-order valence-corrected chi connectivity index (χ1v) is 10.4. The van der Waals surface area contributed by atoms with Crippen molar-refractivity contribution in [3.63, 3.8) is 0 Å². The summed E-state index contributed by atoms with van der Waals surface area (Å²) in [6.45, 7) is 2.78. The van der Waals surface area contributed by atoms with Crippen LogP contribution in [0.1, 0.15) is 15.9 Å². The van der Waals surface area contributed by atoms with Crippen molar-refractivity contribution in [2.24, 2.45) is 0 Å². The number of nitrogens with one attached hydrogen (secondary N) is 1. The third-order valence-electron chi connectivity index (χ3n) is 5.33. The van der Waals surface area contributed by atoms with Crippen LogP contribution in [-0.4, -0.2) is 64.8 Å². The molecule has 0 saturated carbocycles. The Morgan fingerprint density at radius 1 is 0.903 bits per heavy atom. The molecule has 1 aliphatic rings. The first kappa shape index (κ1) is 20.7. The Morgan fingerprint density at radius 2 is 1.58 bits per heavy atom. The third-order valence-corrected chi connectivity index (χ3v) is 5.33. The fraction of sp³-hybridized carbons (Fsp3) is 0.304. The second-order valence-corrected chi connectivity index (χ2v) is 7.44. The van der Waals surface area contributed by atoms with Crippen LogP contribution in [0.3, 0.4) is 0 Å². The number of hydrogen-bond acceptors (Lipinski definition) is 7. The van der Waals surface area contributed by atoms with E-state index in [9.17, 15) is 9.90 Å². The van der Waals surface area contributed by atoms with E-state index >= 15 is 0 Å². The lowest BCUT2D eigenvalue weighted by Crippen LogP contribution is -2.48. The molecule has 8 nitrogen and oxygen atoms in total. The van der Waals surface area contributed by atoms with Crippen molar-refractivity contribution in [1.29, 1.82) is 0 Å². The molecule has 1 unspecified atom stereocenters. The van der Waals surface area contributed by atoms with Gasteiger partial charge in [0.05, 0.1) is 18.2 Å². The molecule has 3 aromatic rings. The summed E-state index contributed by atoms with van der Waals surface area (Å²) >= 11 is 0. The van der Waals surface area contributed by atoms with Crippen LogP contribution in [0.25, 0.3) is 0 Å². The first-order chi connectivity index (χ1) is 15.2. The second-order valence-electron chi connectivity index (χ2n) is 7.44. The van der Waals surface area contributed by atoms with Crippen molar-refractivity contribution in [1.82, 2.24) is 20.3 Å². The van der Waals surface area contributed by atoms with Gasteiger partial charge in [-0.2, -0.15) is 0 Å². The molecule has 1 saturated heterocycles. The average Bonchev–Trinajstić information content (AvgIpc) is 2.85. The Morgan fingerprint density at radius 3 is 2.29 bits per heavy atom. The highest BCUT2D eigenvalue weighted by molar-refractivity contribution is 5.99. The molecule has 0 aliphatic carbocycles. The molecule has 1 fully saturated rings. The van der Waals surface area contributed by atoms with Crippen molar-refractivity contribution in [2.45, 2.75) is 12.5 Å². The summed E-state index contributed by atoms with van der Waals surface area (Å²) in [6.07, 6.45) is 5.74. The Bertz CT molecular complexity index is 978. The highest BCUT2D eigenvalue weighted by Gasteiger charge is 2.24. The maximum absolute atomic E-state index is 13.0. The van der Waals surface area contributed by atoms with Gasteiger partial charge in [0.25, 0.3) is 5.91 Å². The minimum atomic E-state index is -0.366. The molecule has 3 heterocycles. The fourth-order valence-electron chi connectivity index (χ4n) is 3.72. The van der Waals surface area contributed by atoms with Crippen LogP contribution in [0, 0.1) is 0 Å². The Hall–Kier alpha value is -3.52. The number of aromatic nitrogens is 3. The van der Waals surface area contributed by atoms with Crippen LogP contribution < -0.4 is 15.1 Å². The number of aliphatic hydroxyl groups is 1. The number of amides is 1. The van der Waals surface area contributed by atoms with E-state index in [-0.39, 0.29) is 18.6 Å². The van der Waals surface area contributed by atoms with Gasteiger partial charge in [-0.05, 0) is 30.2 Å². The van der Waals surface area contributed by atoms with Gasteiger partial charge in [-0.3, -0.25) is 4.79 Å². The molecule has 2 aromatic heterocycles. The monoisotopic (exact) mass is 418 g/mol. The first-order valence-electron chi connectivity index (χ1n) is 10.4. The molecule has 1 atom stereocenters. The molecule has 1 aliphatic heterocycles. The highest BCUT2D eigenvalue weighted by atomic mass is 16.3. The number of pyridine rings is 1. The molecule has 2 N–H and O–H groups in total. The van der Waals surface area contributed by atoms with Gasteiger partial charge in [-0.25, -0.2) is 15.0 Å². The van der Waals surface area contributed by atoms with Gasteiger partial charge in [0.2, 0.25) is 5.95 Å². The summed E-state index contributed by atoms with van der Waals surface area (Å²) in [7, 11) is 0. The quantitative estimate of drug-likeness (QED) is 0.601. The Labute approximate surface area is 181 Å². The van der Waals surface area contributed by atoms with E-state index in [1.807, 2.05) is 30.3 Å². The Balaban J connectivity index is 1.42. The average molecular weight is 419 g/mol. The number of rotatable bonds is 7. The zero-order valence-corrected chi connectivity index (χ0v) is 17.3. The van der Waals surface area contributed by atoms with Crippen LogP contribution in [0.5, 0.6) is 0 Å². The topological polar surface area (TPSA) is 94.5 Å². The summed E-state index contributed by atoms with van der Waals surface area (Å²) in [5.74, 6) is 1.14. The lowest BCUT2D eigenvalue weighted by atomic mass is 10.1. The van der Waals surface area contributed by atoms with Gasteiger partial charge in [-0.15, -0.1) is 0 Å². The van der Waals surface area contributed by atoms with Crippen LogP contribution in [0.4, 0.5) is 11.8 Å². The minimum Gasteiger partial charge on any atom is -0.394 e. The van der Waals surface area contributed by atoms with Crippen LogP contribution in [-0.2, 0) is 6.42 Å². The van der Waals surface area contributed by atoms with E-state index in [0.717, 1.165) is 18.7 Å². The van der Waals surface area contributed by atoms with Crippen molar-refractivity contribution in [3.8, 4) is 0 Å². The molecule has 0 radical (unpaired) electrons. The summed E-state index contributed by atoms with van der Waals surface area (Å²) in [6, 6.07) is 14.8. The van der Waals surface area contributed by atoms with E-state index in [1.165, 1.54) is 0 Å². The predicted molar refractivity (Wildman–Crippen MR) is 119 cm³/mol. The fourth-order valence-corrected chi connectivity index (χ4v) is 3.72. The van der Waals surface area contributed by atoms with Gasteiger partial charge < -0.3 is 20.2 Å². The van der Waals surface area contributed by atoms with Gasteiger partial charge in [0.15, 0.2) is 0 Å². The van der Waals surface area contributed by atoms with E-state index < -0.39 is 0 Å². The van der Waals surface area contributed by atoms with Crippen molar-refractivity contribution in [3.05, 3.63) is 78.2 Å². The van der Waals surface area contributed by atoms with E-state index in [1.54, 1.807) is 36.8 Å². The number of benzene rings is 1. The zero-order valence-electron chi connectivity index (χ0n) is 17.3. The molecule has 1 aromatic carbocycles. The molecule has 0 spiro atoms. The minimum absolute atomic E-state index is 0.133. The van der Waals surface area contributed by atoms with Gasteiger partial charge in [0, 0.05) is 44.8 Å². The van der Waals surface area contributed by atoms with Crippen molar-refractivity contribution in [2.75, 3.05) is 42.6 Å². The zero-order chi connectivity index (χ0) is 21.5. The molecule has 4 rings (SSSR count). The predicted octanol–water partition coefficient (Wildman–Crippen LogP) is 1.53. The molecule has 0 bridgehead atoms. The Kier molecular flexibility index (Phi) is 6.68. The smallest absolute Gasteiger partial charge is 0.255 e. The number of anilines is 2. The number of nitrogens with zero attached hydrogens (tertiary/aromatic N) is 5. The summed E-state index contributed by atoms with van der Waals surface area (Å²) in [5.41, 5.74) is 1.57. The number of hydrogen-bond donors (Lipinski definition) is 2.